The third kappa shape index (κ3) is 2.63. The standard InChI is InChI=1S/C8H15NO4/c1-6(9(11)12)8(10)7-2-4-13-5-3-7/h6-8,10H,2-5H2,1H3. The molecule has 5 nitrogen and oxygen atoms in total. The first-order chi connectivity index (χ1) is 6.13. The summed E-state index contributed by atoms with van der Waals surface area (Å²) in [5.74, 6) is 0.0224. The minimum Gasteiger partial charge on any atom is -0.386 e. The molecule has 2 atom stereocenters. The number of nitrogens with zero attached hydrogens (tertiary/aromatic N) is 1. The smallest absolute Gasteiger partial charge is 0.236 e. The van der Waals surface area contributed by atoms with E-state index in [9.17, 15) is 15.2 Å². The predicted molar refractivity (Wildman–Crippen MR) is 46.0 cm³/mol. The van der Waals surface area contributed by atoms with Gasteiger partial charge in [-0.3, -0.25) is 10.1 Å². The van der Waals surface area contributed by atoms with E-state index >= 15 is 0 Å². The zero-order valence-electron chi connectivity index (χ0n) is 7.68. The average molecular weight is 189 g/mol. The maximum atomic E-state index is 10.4. The second kappa shape index (κ2) is 4.53. The molecule has 13 heavy (non-hydrogen) atoms. The van der Waals surface area contributed by atoms with Gasteiger partial charge >= 0.3 is 0 Å². The van der Waals surface area contributed by atoms with Crippen LogP contribution in [-0.2, 0) is 4.74 Å². The minimum absolute atomic E-state index is 0.0224. The molecule has 0 aromatic rings. The van der Waals surface area contributed by atoms with E-state index in [2.05, 4.69) is 0 Å². The van der Waals surface area contributed by atoms with E-state index < -0.39 is 17.1 Å². The van der Waals surface area contributed by atoms with Gasteiger partial charge in [0.15, 0.2) is 0 Å². The van der Waals surface area contributed by atoms with Crippen molar-refractivity contribution in [1.29, 1.82) is 0 Å². The van der Waals surface area contributed by atoms with Crippen LogP contribution >= 0.6 is 0 Å². The van der Waals surface area contributed by atoms with Crippen molar-refractivity contribution < 1.29 is 14.8 Å². The van der Waals surface area contributed by atoms with Crippen LogP contribution in [0.5, 0.6) is 0 Å². The van der Waals surface area contributed by atoms with Crippen LogP contribution in [0.1, 0.15) is 19.8 Å². The van der Waals surface area contributed by atoms with Crippen molar-refractivity contribution in [2.24, 2.45) is 5.92 Å². The van der Waals surface area contributed by atoms with Crippen LogP contribution in [0.3, 0.4) is 0 Å². The topological polar surface area (TPSA) is 72.6 Å². The Morgan fingerprint density at radius 2 is 2.08 bits per heavy atom. The van der Waals surface area contributed by atoms with Crippen molar-refractivity contribution in [3.05, 3.63) is 10.1 Å². The Labute approximate surface area is 76.8 Å². The Morgan fingerprint density at radius 1 is 1.54 bits per heavy atom. The number of hydrogen-bond donors (Lipinski definition) is 1. The van der Waals surface area contributed by atoms with Gasteiger partial charge in [0.05, 0.1) is 0 Å². The fourth-order valence-corrected chi connectivity index (χ4v) is 1.58. The van der Waals surface area contributed by atoms with Crippen molar-refractivity contribution in [1.82, 2.24) is 0 Å². The highest BCUT2D eigenvalue weighted by atomic mass is 16.6. The third-order valence-electron chi connectivity index (χ3n) is 2.58. The van der Waals surface area contributed by atoms with Gasteiger partial charge in [-0.05, 0) is 18.8 Å². The fraction of sp³-hybridized carbons (Fsp3) is 1.00. The molecule has 0 saturated carbocycles. The fourth-order valence-electron chi connectivity index (χ4n) is 1.58. The van der Waals surface area contributed by atoms with Crippen LogP contribution in [0.25, 0.3) is 0 Å². The number of nitro groups is 1. The Kier molecular flexibility index (Phi) is 3.62. The van der Waals surface area contributed by atoms with Gasteiger partial charge < -0.3 is 9.84 Å². The molecule has 0 amide bonds. The molecule has 1 rings (SSSR count). The monoisotopic (exact) mass is 189 g/mol. The van der Waals surface area contributed by atoms with Gasteiger partial charge in [-0.2, -0.15) is 0 Å². The molecule has 2 unspecified atom stereocenters. The van der Waals surface area contributed by atoms with E-state index in [1.54, 1.807) is 0 Å². The molecule has 0 aromatic carbocycles. The summed E-state index contributed by atoms with van der Waals surface area (Å²) < 4.78 is 5.11. The Hall–Kier alpha value is -0.680. The number of hydrogen-bond acceptors (Lipinski definition) is 4. The van der Waals surface area contributed by atoms with E-state index in [4.69, 9.17) is 4.74 Å². The molecule has 0 aliphatic carbocycles. The van der Waals surface area contributed by atoms with Gasteiger partial charge in [0.25, 0.3) is 0 Å². The molecular weight excluding hydrogens is 174 g/mol. The first-order valence-corrected chi connectivity index (χ1v) is 4.52. The lowest BCUT2D eigenvalue weighted by molar-refractivity contribution is -0.532. The summed E-state index contributed by atoms with van der Waals surface area (Å²) in [4.78, 5) is 9.97. The zero-order valence-corrected chi connectivity index (χ0v) is 7.68. The lowest BCUT2D eigenvalue weighted by Gasteiger charge is -2.26. The second-order valence-electron chi connectivity index (χ2n) is 3.47. The molecule has 1 fully saturated rings. The van der Waals surface area contributed by atoms with Gasteiger partial charge in [0.2, 0.25) is 6.04 Å². The van der Waals surface area contributed by atoms with Gasteiger partial charge in [0, 0.05) is 25.1 Å². The van der Waals surface area contributed by atoms with Crippen molar-refractivity contribution in [2.45, 2.75) is 31.9 Å². The molecule has 1 aliphatic heterocycles. The summed E-state index contributed by atoms with van der Waals surface area (Å²) in [6.45, 7) is 2.65. The Balaban J connectivity index is 2.44. The summed E-state index contributed by atoms with van der Waals surface area (Å²) >= 11 is 0. The molecule has 1 saturated heterocycles. The van der Waals surface area contributed by atoms with E-state index in [1.165, 1.54) is 6.92 Å². The normalized spacial score (nSPS) is 23.8. The maximum Gasteiger partial charge on any atom is 0.236 e. The third-order valence-corrected chi connectivity index (χ3v) is 2.58. The highest BCUT2D eigenvalue weighted by molar-refractivity contribution is 4.75. The SMILES string of the molecule is CC(C(O)C1CCOCC1)[N+](=O)[O-]. The van der Waals surface area contributed by atoms with Crippen LogP contribution in [-0.4, -0.2) is 35.4 Å². The maximum absolute atomic E-state index is 10.4. The van der Waals surface area contributed by atoms with Gasteiger partial charge in [-0.1, -0.05) is 0 Å². The molecule has 1 aliphatic rings. The van der Waals surface area contributed by atoms with Gasteiger partial charge in [-0.25, -0.2) is 0 Å². The average Bonchev–Trinajstić information content (AvgIpc) is 2.17. The van der Waals surface area contributed by atoms with Crippen LogP contribution in [0.15, 0.2) is 0 Å². The molecule has 76 valence electrons. The molecule has 1 N–H and O–H groups in total. The lowest BCUT2D eigenvalue weighted by atomic mass is 9.90. The highest BCUT2D eigenvalue weighted by Gasteiger charge is 2.32. The van der Waals surface area contributed by atoms with Gasteiger partial charge in [-0.15, -0.1) is 0 Å². The molecule has 0 bridgehead atoms. The van der Waals surface area contributed by atoms with Crippen LogP contribution < -0.4 is 0 Å². The van der Waals surface area contributed by atoms with Crippen LogP contribution in [0.4, 0.5) is 0 Å². The van der Waals surface area contributed by atoms with Crippen molar-refractivity contribution in [3.63, 3.8) is 0 Å². The molecular formula is C8H15NO4. The molecule has 5 heteroatoms. The van der Waals surface area contributed by atoms with Crippen LogP contribution in [0, 0.1) is 16.0 Å². The molecule has 0 radical (unpaired) electrons. The molecule has 1 heterocycles. The highest BCUT2D eigenvalue weighted by Crippen LogP contribution is 2.21. The Bertz CT molecular complexity index is 179. The summed E-state index contributed by atoms with van der Waals surface area (Å²) in [6, 6.07) is -0.872. The van der Waals surface area contributed by atoms with Crippen molar-refractivity contribution >= 4 is 0 Å². The quantitative estimate of drug-likeness (QED) is 0.516. The summed E-state index contributed by atoms with van der Waals surface area (Å²) in [5.41, 5.74) is 0. The number of aliphatic hydroxyl groups excluding tert-OH is 1. The Morgan fingerprint density at radius 3 is 2.54 bits per heavy atom. The van der Waals surface area contributed by atoms with Crippen molar-refractivity contribution in [3.8, 4) is 0 Å². The van der Waals surface area contributed by atoms with Crippen LogP contribution in [0.2, 0.25) is 0 Å². The summed E-state index contributed by atoms with van der Waals surface area (Å²) in [5, 5.41) is 20.0. The zero-order chi connectivity index (χ0) is 9.84. The predicted octanol–water partition coefficient (Wildman–Crippen LogP) is 0.439. The summed E-state index contributed by atoms with van der Waals surface area (Å²) in [7, 11) is 0. The largest absolute Gasteiger partial charge is 0.386 e. The van der Waals surface area contributed by atoms with E-state index in [1.807, 2.05) is 0 Å². The number of rotatable bonds is 3. The minimum atomic E-state index is -0.872. The first-order valence-electron chi connectivity index (χ1n) is 4.52. The molecule has 0 aromatic heterocycles. The van der Waals surface area contributed by atoms with E-state index in [0.717, 1.165) is 12.8 Å². The number of aliphatic hydroxyl groups is 1. The van der Waals surface area contributed by atoms with Crippen molar-refractivity contribution in [2.75, 3.05) is 13.2 Å². The number of ether oxygens (including phenoxy) is 1. The van der Waals surface area contributed by atoms with Gasteiger partial charge in [0.1, 0.15) is 6.10 Å². The summed E-state index contributed by atoms with van der Waals surface area (Å²) in [6.07, 6.45) is 0.609. The first kappa shape index (κ1) is 10.4. The molecule has 0 spiro atoms. The van der Waals surface area contributed by atoms with E-state index in [0.29, 0.717) is 13.2 Å². The second-order valence-corrected chi connectivity index (χ2v) is 3.47. The lowest BCUT2D eigenvalue weighted by Crippen LogP contribution is -2.39. The van der Waals surface area contributed by atoms with E-state index in [-0.39, 0.29) is 5.92 Å².